The molecular formula is C25H28ClF3N4O5. The highest BCUT2D eigenvalue weighted by Crippen LogP contribution is 2.42. The smallest absolute Gasteiger partial charge is 0.487 e. The van der Waals surface area contributed by atoms with Gasteiger partial charge < -0.3 is 30.9 Å². The molecule has 0 aliphatic carbocycles. The van der Waals surface area contributed by atoms with Gasteiger partial charge in [0.25, 0.3) is 0 Å². The third-order valence-electron chi connectivity index (χ3n) is 7.04. The summed E-state index contributed by atoms with van der Waals surface area (Å²) >= 11 is 6.15. The van der Waals surface area contributed by atoms with Crippen molar-refractivity contribution in [2.24, 2.45) is 5.73 Å². The molecule has 2 amide bonds. The Morgan fingerprint density at radius 2 is 1.79 bits per heavy atom. The van der Waals surface area contributed by atoms with Gasteiger partial charge in [0.05, 0.1) is 23.5 Å². The number of halogens is 4. The number of carbonyl (C=O) groups excluding carboxylic acids is 1. The zero-order valence-electron chi connectivity index (χ0n) is 20.2. The van der Waals surface area contributed by atoms with Gasteiger partial charge in [0, 0.05) is 50.5 Å². The van der Waals surface area contributed by atoms with Crippen LogP contribution < -0.4 is 20.7 Å². The van der Waals surface area contributed by atoms with Crippen LogP contribution in [0.3, 0.4) is 0 Å². The van der Waals surface area contributed by atoms with E-state index in [-0.39, 0.29) is 11.6 Å². The molecule has 2 aromatic carbocycles. The van der Waals surface area contributed by atoms with Crippen molar-refractivity contribution >= 4 is 35.0 Å². The van der Waals surface area contributed by atoms with E-state index in [1.165, 1.54) is 5.56 Å². The fourth-order valence-corrected chi connectivity index (χ4v) is 5.45. The number of alkyl halides is 3. The molecule has 0 saturated carbocycles. The highest BCUT2D eigenvalue weighted by molar-refractivity contribution is 6.30. The van der Waals surface area contributed by atoms with E-state index in [1.807, 2.05) is 42.5 Å². The number of rotatable bonds is 3. The van der Waals surface area contributed by atoms with Crippen LogP contribution in [0.15, 0.2) is 42.5 Å². The molecule has 0 aromatic heterocycles. The molecule has 1 unspecified atom stereocenters. The van der Waals surface area contributed by atoms with Crippen molar-refractivity contribution in [1.82, 2.24) is 4.90 Å². The number of aliphatic carboxylic acids is 1. The Labute approximate surface area is 221 Å². The van der Waals surface area contributed by atoms with Gasteiger partial charge in [-0.1, -0.05) is 23.7 Å². The van der Waals surface area contributed by atoms with Gasteiger partial charge in [-0.3, -0.25) is 4.90 Å². The van der Waals surface area contributed by atoms with Crippen molar-refractivity contribution < 1.29 is 37.7 Å². The Morgan fingerprint density at radius 1 is 1.13 bits per heavy atom. The van der Waals surface area contributed by atoms with Gasteiger partial charge in [-0.15, -0.1) is 0 Å². The van der Waals surface area contributed by atoms with Crippen LogP contribution in [0.4, 0.5) is 29.3 Å². The second-order valence-corrected chi connectivity index (χ2v) is 10.0. The number of carboxylic acid groups (broad SMARTS) is 1. The summed E-state index contributed by atoms with van der Waals surface area (Å²) in [6.45, 7) is 2.96. The number of carbonyl (C=O) groups is 2. The minimum absolute atomic E-state index is 0.0391. The Kier molecular flexibility index (Phi) is 7.96. The molecule has 5 N–H and O–H groups in total. The van der Waals surface area contributed by atoms with E-state index >= 15 is 0 Å². The van der Waals surface area contributed by atoms with Gasteiger partial charge in [0.2, 0.25) is 0 Å². The lowest BCUT2D eigenvalue weighted by molar-refractivity contribution is -0.192. The summed E-state index contributed by atoms with van der Waals surface area (Å²) in [5, 5.41) is 21.4. The van der Waals surface area contributed by atoms with E-state index in [9.17, 15) is 23.1 Å². The number of primary amides is 1. The van der Waals surface area contributed by atoms with E-state index < -0.39 is 24.3 Å². The van der Waals surface area contributed by atoms with Gasteiger partial charge in [-0.2, -0.15) is 13.2 Å². The molecule has 3 heterocycles. The number of ether oxygens (including phenoxy) is 1. The molecule has 0 radical (unpaired) electrons. The second-order valence-electron chi connectivity index (χ2n) is 9.60. The summed E-state index contributed by atoms with van der Waals surface area (Å²) < 4.78 is 38.1. The van der Waals surface area contributed by atoms with Gasteiger partial charge in [0.1, 0.15) is 11.4 Å². The minimum atomic E-state index is -5.08. The first-order valence-corrected chi connectivity index (χ1v) is 12.3. The molecule has 2 fully saturated rings. The molecule has 3 aliphatic rings. The third-order valence-corrected chi connectivity index (χ3v) is 7.28. The highest BCUT2D eigenvalue weighted by Gasteiger charge is 2.45. The monoisotopic (exact) mass is 556 g/mol. The van der Waals surface area contributed by atoms with Crippen molar-refractivity contribution in [2.45, 2.75) is 43.2 Å². The number of aliphatic hydroxyl groups excluding tert-OH is 1. The van der Waals surface area contributed by atoms with E-state index in [1.54, 1.807) is 0 Å². The lowest BCUT2D eigenvalue weighted by Crippen LogP contribution is -2.53. The number of nitrogens with two attached hydrogens (primary N) is 1. The first-order valence-electron chi connectivity index (χ1n) is 12.0. The Balaban J connectivity index is 0.000000426. The average Bonchev–Trinajstić information content (AvgIpc) is 3.39. The largest absolute Gasteiger partial charge is 0.490 e. The molecule has 2 atom stereocenters. The molecule has 2 saturated heterocycles. The maximum atomic E-state index is 11.4. The lowest BCUT2D eigenvalue weighted by Gasteiger charge is -2.41. The number of benzene rings is 2. The van der Waals surface area contributed by atoms with E-state index in [0.717, 1.165) is 48.8 Å². The number of amides is 2. The van der Waals surface area contributed by atoms with Gasteiger partial charge >= 0.3 is 18.2 Å². The van der Waals surface area contributed by atoms with Crippen molar-refractivity contribution in [3.63, 3.8) is 0 Å². The van der Waals surface area contributed by atoms with Crippen LogP contribution in [0.1, 0.15) is 18.4 Å². The summed E-state index contributed by atoms with van der Waals surface area (Å²) in [6.07, 6.45) is -2.82. The summed E-state index contributed by atoms with van der Waals surface area (Å²) in [4.78, 5) is 24.7. The van der Waals surface area contributed by atoms with E-state index in [2.05, 4.69) is 15.1 Å². The number of urea groups is 1. The fraction of sp³-hybridized carbons (Fsp3) is 0.440. The Bertz CT molecular complexity index is 1190. The normalized spacial score (nSPS) is 22.3. The predicted octanol–water partition coefficient (Wildman–Crippen LogP) is 3.48. The van der Waals surface area contributed by atoms with Crippen LogP contribution in [-0.2, 0) is 11.2 Å². The topological polar surface area (TPSA) is 128 Å². The number of nitrogens with zero attached hydrogens (tertiary/aromatic N) is 2. The second kappa shape index (κ2) is 10.9. The van der Waals surface area contributed by atoms with Crippen LogP contribution >= 0.6 is 11.6 Å². The summed E-state index contributed by atoms with van der Waals surface area (Å²) in [6, 6.07) is 12.8. The average molecular weight is 557 g/mol. The number of piperidine rings is 1. The standard InChI is InChI=1S/C23H27ClN4O3.C2HF3O2/c24-16-5-6-21-15(11-16)12-23(31-21)7-9-27(10-8-23)19-13-28(14-20(19)29)18-4-2-1-3-17(18)26-22(25)30;3-2(4,5)1(6)7/h1-6,11,19-20,29H,7-10,12-14H2,(H3,25,26,30);(H,6,7)/t19?,20-;/m1./s1. The number of nitrogens with one attached hydrogen (secondary N) is 1. The summed E-state index contributed by atoms with van der Waals surface area (Å²) in [5.74, 6) is -1.81. The SMILES string of the molecule is NC(=O)Nc1ccccc1N1CC(N2CCC3(CC2)Cc2cc(Cl)ccc2O3)[C@H](O)C1.O=C(O)C(F)(F)F. The zero-order valence-corrected chi connectivity index (χ0v) is 21.0. The molecule has 9 nitrogen and oxygen atoms in total. The molecular weight excluding hydrogens is 529 g/mol. The van der Waals surface area contributed by atoms with Crippen LogP contribution in [0.5, 0.6) is 5.75 Å². The number of para-hydroxylation sites is 2. The first kappa shape index (κ1) is 27.8. The minimum Gasteiger partial charge on any atom is -0.487 e. The quantitative estimate of drug-likeness (QED) is 0.455. The number of hydrogen-bond acceptors (Lipinski definition) is 6. The Morgan fingerprint density at radius 3 is 2.42 bits per heavy atom. The molecule has 0 bridgehead atoms. The maximum absolute atomic E-state index is 11.4. The van der Waals surface area contributed by atoms with E-state index in [4.69, 9.17) is 32.0 Å². The molecule has 3 aliphatic heterocycles. The lowest BCUT2D eigenvalue weighted by atomic mass is 9.86. The Hall–Kier alpha value is -3.22. The summed E-state index contributed by atoms with van der Waals surface area (Å²) in [7, 11) is 0. The number of anilines is 2. The molecule has 38 heavy (non-hydrogen) atoms. The number of hydrogen-bond donors (Lipinski definition) is 4. The van der Waals surface area contributed by atoms with Crippen molar-refractivity contribution in [3.8, 4) is 5.75 Å². The number of aliphatic hydroxyl groups is 1. The molecule has 5 rings (SSSR count). The molecule has 2 aromatic rings. The molecule has 206 valence electrons. The predicted molar refractivity (Wildman–Crippen MR) is 135 cm³/mol. The molecule has 13 heteroatoms. The highest BCUT2D eigenvalue weighted by atomic mass is 35.5. The van der Waals surface area contributed by atoms with Crippen LogP contribution in [0, 0.1) is 0 Å². The van der Waals surface area contributed by atoms with Gasteiger partial charge in [-0.05, 0) is 35.9 Å². The molecule has 1 spiro atoms. The first-order chi connectivity index (χ1) is 17.9. The summed E-state index contributed by atoms with van der Waals surface area (Å²) in [5.41, 5.74) is 7.88. The number of β-amino-alcohol motifs (C(OH)–C–C–N with tert-alkyl or cyclic N) is 1. The number of fused-ring (bicyclic) bond motifs is 1. The number of carboxylic acids is 1. The maximum Gasteiger partial charge on any atom is 0.490 e. The van der Waals surface area contributed by atoms with Crippen molar-refractivity contribution in [3.05, 3.63) is 53.1 Å². The van der Waals surface area contributed by atoms with Crippen molar-refractivity contribution in [1.29, 1.82) is 0 Å². The van der Waals surface area contributed by atoms with Gasteiger partial charge in [-0.25, -0.2) is 9.59 Å². The number of likely N-dealkylation sites (tertiary alicyclic amines) is 1. The zero-order chi connectivity index (χ0) is 27.7. The van der Waals surface area contributed by atoms with Crippen LogP contribution in [-0.4, -0.2) is 77.2 Å². The fourth-order valence-electron chi connectivity index (χ4n) is 5.26. The van der Waals surface area contributed by atoms with E-state index in [0.29, 0.717) is 18.8 Å². The van der Waals surface area contributed by atoms with Crippen LogP contribution in [0.2, 0.25) is 5.02 Å². The van der Waals surface area contributed by atoms with Gasteiger partial charge in [0.15, 0.2) is 0 Å². The van der Waals surface area contributed by atoms with Crippen molar-refractivity contribution in [2.75, 3.05) is 36.4 Å². The third kappa shape index (κ3) is 6.25. The van der Waals surface area contributed by atoms with Crippen LogP contribution in [0.25, 0.3) is 0 Å².